The van der Waals surface area contributed by atoms with Crippen LogP contribution in [0.25, 0.3) is 0 Å². The standard InChI is InChI=1S/C19H22O2/c1-5-14-9-10-18(17(12-14)19(2,3)4)21-16-8-6-7-15(11-16)13-20/h6-13H,5H2,1-4H3. The van der Waals surface area contributed by atoms with Crippen molar-refractivity contribution in [3.63, 3.8) is 0 Å². The van der Waals surface area contributed by atoms with E-state index >= 15 is 0 Å². The number of hydrogen-bond acceptors (Lipinski definition) is 2. The predicted octanol–water partition coefficient (Wildman–Crippen LogP) is 5.15. The molecule has 0 unspecified atom stereocenters. The Morgan fingerprint density at radius 2 is 1.86 bits per heavy atom. The Labute approximate surface area is 126 Å². The number of hydrogen-bond donors (Lipinski definition) is 0. The van der Waals surface area contributed by atoms with E-state index in [0.717, 1.165) is 18.5 Å². The number of aldehydes is 1. The monoisotopic (exact) mass is 282 g/mol. The smallest absolute Gasteiger partial charge is 0.150 e. The summed E-state index contributed by atoms with van der Waals surface area (Å²) < 4.78 is 6.02. The topological polar surface area (TPSA) is 26.3 Å². The summed E-state index contributed by atoms with van der Waals surface area (Å²) in [5.41, 5.74) is 3.10. The first-order chi connectivity index (χ1) is 9.94. The minimum absolute atomic E-state index is 0.00276. The summed E-state index contributed by atoms with van der Waals surface area (Å²) in [7, 11) is 0. The highest BCUT2D eigenvalue weighted by Gasteiger charge is 2.20. The minimum Gasteiger partial charge on any atom is -0.457 e. The van der Waals surface area contributed by atoms with Crippen LogP contribution in [0.4, 0.5) is 0 Å². The number of aryl methyl sites for hydroxylation is 1. The van der Waals surface area contributed by atoms with E-state index in [1.165, 1.54) is 11.1 Å². The van der Waals surface area contributed by atoms with Crippen LogP contribution in [0.3, 0.4) is 0 Å². The number of ether oxygens (including phenoxy) is 1. The van der Waals surface area contributed by atoms with Crippen LogP contribution in [0.1, 0.15) is 49.2 Å². The van der Waals surface area contributed by atoms with E-state index in [0.29, 0.717) is 11.3 Å². The summed E-state index contributed by atoms with van der Waals surface area (Å²) >= 11 is 0. The highest BCUT2D eigenvalue weighted by Crippen LogP contribution is 2.35. The lowest BCUT2D eigenvalue weighted by Gasteiger charge is -2.23. The van der Waals surface area contributed by atoms with Gasteiger partial charge in [-0.3, -0.25) is 4.79 Å². The summed E-state index contributed by atoms with van der Waals surface area (Å²) in [6.45, 7) is 8.68. The molecule has 0 N–H and O–H groups in total. The van der Waals surface area contributed by atoms with Crippen LogP contribution >= 0.6 is 0 Å². The third-order valence-electron chi connectivity index (χ3n) is 3.48. The van der Waals surface area contributed by atoms with Gasteiger partial charge in [-0.05, 0) is 35.6 Å². The number of carbonyl (C=O) groups is 1. The van der Waals surface area contributed by atoms with Crippen LogP contribution in [-0.2, 0) is 11.8 Å². The molecule has 0 bridgehead atoms. The van der Waals surface area contributed by atoms with Crippen LogP contribution in [0, 0.1) is 0 Å². The van der Waals surface area contributed by atoms with Crippen molar-refractivity contribution in [1.29, 1.82) is 0 Å². The molecule has 0 aliphatic rings. The Morgan fingerprint density at radius 1 is 1.10 bits per heavy atom. The zero-order chi connectivity index (χ0) is 15.5. The molecule has 2 aromatic carbocycles. The van der Waals surface area contributed by atoms with Crippen molar-refractivity contribution >= 4 is 6.29 Å². The fourth-order valence-electron chi connectivity index (χ4n) is 2.25. The molecule has 0 saturated heterocycles. The molecule has 0 aromatic heterocycles. The van der Waals surface area contributed by atoms with Gasteiger partial charge in [0, 0.05) is 11.1 Å². The van der Waals surface area contributed by atoms with Crippen molar-refractivity contribution in [2.24, 2.45) is 0 Å². The van der Waals surface area contributed by atoms with Gasteiger partial charge in [0.2, 0.25) is 0 Å². The average molecular weight is 282 g/mol. The third-order valence-corrected chi connectivity index (χ3v) is 3.48. The lowest BCUT2D eigenvalue weighted by atomic mass is 9.85. The van der Waals surface area contributed by atoms with Gasteiger partial charge in [-0.25, -0.2) is 0 Å². The fourth-order valence-corrected chi connectivity index (χ4v) is 2.25. The molecule has 2 aromatic rings. The molecular formula is C19H22O2. The molecule has 21 heavy (non-hydrogen) atoms. The van der Waals surface area contributed by atoms with Crippen molar-refractivity contribution in [2.45, 2.75) is 39.5 Å². The van der Waals surface area contributed by atoms with Gasteiger partial charge < -0.3 is 4.74 Å². The Balaban J connectivity index is 2.41. The number of benzene rings is 2. The molecule has 110 valence electrons. The van der Waals surface area contributed by atoms with Crippen LogP contribution in [0.15, 0.2) is 42.5 Å². The Kier molecular flexibility index (Phi) is 4.46. The number of rotatable bonds is 4. The first-order valence-electron chi connectivity index (χ1n) is 7.30. The average Bonchev–Trinajstić information content (AvgIpc) is 2.46. The van der Waals surface area contributed by atoms with Gasteiger partial charge >= 0.3 is 0 Å². The molecule has 0 amide bonds. The van der Waals surface area contributed by atoms with Crippen molar-refractivity contribution in [2.75, 3.05) is 0 Å². The summed E-state index contributed by atoms with van der Waals surface area (Å²) in [5.74, 6) is 1.54. The maximum absolute atomic E-state index is 10.9. The van der Waals surface area contributed by atoms with Gasteiger partial charge in [0.15, 0.2) is 0 Å². The molecule has 0 atom stereocenters. The summed E-state index contributed by atoms with van der Waals surface area (Å²) in [6.07, 6.45) is 1.84. The summed E-state index contributed by atoms with van der Waals surface area (Å²) in [4.78, 5) is 10.9. The molecule has 0 heterocycles. The lowest BCUT2D eigenvalue weighted by molar-refractivity contribution is 0.112. The Hall–Kier alpha value is -2.09. The lowest BCUT2D eigenvalue weighted by Crippen LogP contribution is -2.13. The van der Waals surface area contributed by atoms with E-state index in [4.69, 9.17) is 4.74 Å². The number of carbonyl (C=O) groups excluding carboxylic acids is 1. The molecule has 2 nitrogen and oxygen atoms in total. The fraction of sp³-hybridized carbons (Fsp3) is 0.316. The predicted molar refractivity (Wildman–Crippen MR) is 86.4 cm³/mol. The van der Waals surface area contributed by atoms with E-state index in [-0.39, 0.29) is 5.41 Å². The molecule has 0 spiro atoms. The minimum atomic E-state index is 0.00276. The van der Waals surface area contributed by atoms with Crippen LogP contribution in [-0.4, -0.2) is 6.29 Å². The van der Waals surface area contributed by atoms with Crippen LogP contribution in [0.5, 0.6) is 11.5 Å². The second-order valence-electron chi connectivity index (χ2n) is 6.23. The van der Waals surface area contributed by atoms with Crippen molar-refractivity contribution in [3.05, 3.63) is 59.2 Å². The normalized spacial score (nSPS) is 11.2. The molecule has 0 radical (unpaired) electrons. The molecule has 0 aliphatic carbocycles. The second-order valence-corrected chi connectivity index (χ2v) is 6.23. The Bertz CT molecular complexity index is 636. The third kappa shape index (κ3) is 3.72. The van der Waals surface area contributed by atoms with Gasteiger partial charge in [-0.2, -0.15) is 0 Å². The zero-order valence-electron chi connectivity index (χ0n) is 13.1. The quantitative estimate of drug-likeness (QED) is 0.725. The Morgan fingerprint density at radius 3 is 2.48 bits per heavy atom. The highest BCUT2D eigenvalue weighted by atomic mass is 16.5. The van der Waals surface area contributed by atoms with Crippen LogP contribution < -0.4 is 4.74 Å². The highest BCUT2D eigenvalue weighted by molar-refractivity contribution is 5.75. The first kappa shape index (κ1) is 15.3. The van der Waals surface area contributed by atoms with Gasteiger partial charge in [0.25, 0.3) is 0 Å². The first-order valence-corrected chi connectivity index (χ1v) is 7.30. The van der Waals surface area contributed by atoms with Crippen molar-refractivity contribution in [3.8, 4) is 11.5 Å². The maximum Gasteiger partial charge on any atom is 0.150 e. The van der Waals surface area contributed by atoms with E-state index in [1.54, 1.807) is 12.1 Å². The van der Waals surface area contributed by atoms with E-state index in [2.05, 4.69) is 39.8 Å². The van der Waals surface area contributed by atoms with Gasteiger partial charge in [-0.15, -0.1) is 0 Å². The molecular weight excluding hydrogens is 260 g/mol. The molecule has 2 heteroatoms. The van der Waals surface area contributed by atoms with Gasteiger partial charge in [0.1, 0.15) is 17.8 Å². The van der Waals surface area contributed by atoms with E-state index in [1.807, 2.05) is 18.2 Å². The van der Waals surface area contributed by atoms with Crippen molar-refractivity contribution < 1.29 is 9.53 Å². The summed E-state index contributed by atoms with van der Waals surface area (Å²) in [5, 5.41) is 0. The SMILES string of the molecule is CCc1ccc(Oc2cccc(C=O)c2)c(C(C)(C)C)c1. The van der Waals surface area contributed by atoms with E-state index < -0.39 is 0 Å². The van der Waals surface area contributed by atoms with E-state index in [9.17, 15) is 4.79 Å². The van der Waals surface area contributed by atoms with Gasteiger partial charge in [0.05, 0.1) is 0 Å². The maximum atomic E-state index is 10.9. The molecule has 0 aliphatic heterocycles. The summed E-state index contributed by atoms with van der Waals surface area (Å²) in [6, 6.07) is 13.5. The van der Waals surface area contributed by atoms with Gasteiger partial charge in [-0.1, -0.05) is 52.0 Å². The molecule has 0 fully saturated rings. The molecule has 0 saturated carbocycles. The van der Waals surface area contributed by atoms with Crippen LogP contribution in [0.2, 0.25) is 0 Å². The molecule has 2 rings (SSSR count). The largest absolute Gasteiger partial charge is 0.457 e. The zero-order valence-corrected chi connectivity index (χ0v) is 13.1. The van der Waals surface area contributed by atoms with Crippen molar-refractivity contribution in [1.82, 2.24) is 0 Å². The second kappa shape index (κ2) is 6.13.